The van der Waals surface area contributed by atoms with Crippen molar-refractivity contribution in [2.24, 2.45) is 0 Å². The minimum atomic E-state index is -4.33. The minimum Gasteiger partial charge on any atom is -0.464 e. The number of fused-ring (bicyclic) bond motifs is 1. The van der Waals surface area contributed by atoms with Crippen LogP contribution in [0.2, 0.25) is 0 Å². The third-order valence-electron chi connectivity index (χ3n) is 7.52. The predicted molar refractivity (Wildman–Crippen MR) is 165 cm³/mol. The van der Waals surface area contributed by atoms with Crippen LogP contribution in [-0.4, -0.2) is 79.6 Å². The number of amides is 1. The molecule has 1 N–H and O–H groups in total. The zero-order valence-electron chi connectivity index (χ0n) is 25.8. The summed E-state index contributed by atoms with van der Waals surface area (Å²) in [6.07, 6.45) is 6.01. The van der Waals surface area contributed by atoms with Crippen LogP contribution in [0.5, 0.6) is 0 Å². The fraction of sp³-hybridized carbons (Fsp3) is 0.433. The van der Waals surface area contributed by atoms with E-state index in [4.69, 9.17) is 9.72 Å². The van der Waals surface area contributed by atoms with Gasteiger partial charge in [-0.3, -0.25) is 4.68 Å². The van der Waals surface area contributed by atoms with E-state index in [-0.39, 0.29) is 22.6 Å². The highest BCUT2D eigenvalue weighted by molar-refractivity contribution is 7.89. The van der Waals surface area contributed by atoms with E-state index in [1.54, 1.807) is 37.7 Å². The highest BCUT2D eigenvalue weighted by Gasteiger charge is 2.32. The molecule has 1 unspecified atom stereocenters. The van der Waals surface area contributed by atoms with Crippen molar-refractivity contribution in [3.63, 3.8) is 0 Å². The molecule has 1 aromatic carbocycles. The first kappa shape index (κ1) is 31.0. The maximum Gasteiger partial charge on any atom is 0.424 e. The second-order valence-electron chi connectivity index (χ2n) is 12.3. The van der Waals surface area contributed by atoms with Gasteiger partial charge in [-0.2, -0.15) is 5.10 Å². The van der Waals surface area contributed by atoms with Gasteiger partial charge in [-0.15, -0.1) is 0 Å². The van der Waals surface area contributed by atoms with Crippen LogP contribution < -0.4 is 4.90 Å². The number of benzene rings is 1. The number of carbonyl (C=O) groups excluding carboxylic acids is 1. The zero-order valence-corrected chi connectivity index (χ0v) is 26.7. The molecule has 0 radical (unpaired) electrons. The van der Waals surface area contributed by atoms with Crippen molar-refractivity contribution in [3.05, 3.63) is 43.0 Å². The molecule has 1 aliphatic heterocycles. The van der Waals surface area contributed by atoms with Crippen molar-refractivity contribution in [1.29, 1.82) is 0 Å². The normalized spacial score (nSPS) is 15.7. The molecular weight excluding hydrogens is 586 g/mol. The SMILES string of the molecule is CC1CCCN1c1cc(-c2cnc3c(n2)c(-c2cnn(C(C)C)c2)cn3C(=O)O)cc(S(=O)(=O)N(C)C(=O)OC(C)(C)C)c1. The van der Waals surface area contributed by atoms with Crippen molar-refractivity contribution in [1.82, 2.24) is 28.6 Å². The third-order valence-corrected chi connectivity index (χ3v) is 9.22. The number of sulfonamides is 1. The molecule has 1 saturated heterocycles. The van der Waals surface area contributed by atoms with Crippen LogP contribution in [0.1, 0.15) is 60.4 Å². The lowest BCUT2D eigenvalue weighted by Gasteiger charge is -2.27. The van der Waals surface area contributed by atoms with Crippen LogP contribution in [-0.2, 0) is 14.8 Å². The lowest BCUT2D eigenvalue weighted by molar-refractivity contribution is 0.0420. The molecule has 4 heterocycles. The van der Waals surface area contributed by atoms with Gasteiger partial charge < -0.3 is 14.7 Å². The van der Waals surface area contributed by atoms with Crippen LogP contribution in [0.4, 0.5) is 15.3 Å². The molecule has 1 atom stereocenters. The number of carboxylic acid groups (broad SMARTS) is 1. The summed E-state index contributed by atoms with van der Waals surface area (Å²) in [5.41, 5.74) is 2.19. The fourth-order valence-electron chi connectivity index (χ4n) is 5.19. The van der Waals surface area contributed by atoms with Gasteiger partial charge in [-0.25, -0.2) is 36.8 Å². The summed E-state index contributed by atoms with van der Waals surface area (Å²) in [6, 6.07) is 5.11. The lowest BCUT2D eigenvalue weighted by Crippen LogP contribution is -2.38. The monoisotopic (exact) mass is 623 g/mol. The Hall–Kier alpha value is -4.46. The van der Waals surface area contributed by atoms with Gasteiger partial charge in [0.25, 0.3) is 10.0 Å². The Morgan fingerprint density at radius 2 is 1.84 bits per heavy atom. The quantitative estimate of drug-likeness (QED) is 0.287. The first-order chi connectivity index (χ1) is 20.6. The van der Waals surface area contributed by atoms with Crippen LogP contribution >= 0.6 is 0 Å². The van der Waals surface area contributed by atoms with Crippen molar-refractivity contribution in [2.45, 2.75) is 77.0 Å². The van der Waals surface area contributed by atoms with Gasteiger partial charge >= 0.3 is 12.2 Å². The van der Waals surface area contributed by atoms with E-state index >= 15 is 0 Å². The first-order valence-corrected chi connectivity index (χ1v) is 15.8. The number of carbonyl (C=O) groups is 2. The van der Waals surface area contributed by atoms with E-state index in [2.05, 4.69) is 21.9 Å². The van der Waals surface area contributed by atoms with E-state index in [0.29, 0.717) is 37.9 Å². The number of aromatic nitrogens is 5. The van der Waals surface area contributed by atoms with Gasteiger partial charge in [-0.05, 0) is 72.6 Å². The summed E-state index contributed by atoms with van der Waals surface area (Å²) in [5, 5.41) is 14.2. The molecule has 3 aromatic heterocycles. The topological polar surface area (TPSA) is 153 Å². The van der Waals surface area contributed by atoms with Crippen molar-refractivity contribution < 1.29 is 27.9 Å². The molecule has 14 heteroatoms. The molecule has 13 nitrogen and oxygen atoms in total. The van der Waals surface area contributed by atoms with E-state index in [1.807, 2.05) is 26.1 Å². The van der Waals surface area contributed by atoms with Gasteiger partial charge in [0.1, 0.15) is 11.1 Å². The Labute approximate surface area is 256 Å². The second kappa shape index (κ2) is 11.2. The molecule has 0 aliphatic carbocycles. The smallest absolute Gasteiger partial charge is 0.424 e. The van der Waals surface area contributed by atoms with Gasteiger partial charge in [-0.1, -0.05) is 0 Å². The fourth-order valence-corrected chi connectivity index (χ4v) is 6.29. The Morgan fingerprint density at radius 3 is 2.43 bits per heavy atom. The van der Waals surface area contributed by atoms with Gasteiger partial charge in [0.15, 0.2) is 5.65 Å². The molecule has 0 saturated carbocycles. The van der Waals surface area contributed by atoms with E-state index in [0.717, 1.165) is 31.0 Å². The maximum absolute atomic E-state index is 13.8. The Morgan fingerprint density at radius 1 is 1.11 bits per heavy atom. The average molecular weight is 624 g/mol. The number of rotatable bonds is 6. The van der Waals surface area contributed by atoms with Crippen molar-refractivity contribution in [3.8, 4) is 22.4 Å². The largest absolute Gasteiger partial charge is 0.464 e. The van der Waals surface area contributed by atoms with Gasteiger partial charge in [0.05, 0.1) is 23.0 Å². The van der Waals surface area contributed by atoms with E-state index in [1.165, 1.54) is 18.5 Å². The number of hydrogen-bond acceptors (Lipinski definition) is 9. The highest BCUT2D eigenvalue weighted by Crippen LogP contribution is 2.35. The Balaban J connectivity index is 1.67. The third kappa shape index (κ3) is 5.85. The summed E-state index contributed by atoms with van der Waals surface area (Å²) < 4.78 is 36.2. The molecule has 44 heavy (non-hydrogen) atoms. The molecule has 1 amide bonds. The first-order valence-electron chi connectivity index (χ1n) is 14.4. The zero-order chi connectivity index (χ0) is 32.1. The van der Waals surface area contributed by atoms with Gasteiger partial charge in [0.2, 0.25) is 0 Å². The maximum atomic E-state index is 13.8. The molecule has 1 aliphatic rings. The molecule has 4 aromatic rings. The lowest BCUT2D eigenvalue weighted by atomic mass is 10.1. The number of anilines is 1. The standard InChI is InChI=1S/C30H37N7O6S/c1-18(2)37-16-21(14-32-37)24-17-36(28(38)39)27-26(24)33-25(15-31-27)20-11-22(35-10-8-9-19(35)3)13-23(12-20)44(41,42)34(7)29(40)43-30(4,5)6/h11-19H,8-10H2,1-7H3,(H,38,39). The number of ether oxygens (including phenoxy) is 1. The summed E-state index contributed by atoms with van der Waals surface area (Å²) in [6.45, 7) is 11.8. The summed E-state index contributed by atoms with van der Waals surface area (Å²) in [5.74, 6) is 0. The molecule has 0 spiro atoms. The Bertz CT molecular complexity index is 1850. The summed E-state index contributed by atoms with van der Waals surface area (Å²) in [4.78, 5) is 36.1. The Kier molecular flexibility index (Phi) is 7.91. The van der Waals surface area contributed by atoms with Crippen molar-refractivity contribution in [2.75, 3.05) is 18.5 Å². The summed E-state index contributed by atoms with van der Waals surface area (Å²) in [7, 11) is -3.16. The minimum absolute atomic E-state index is 0.0909. The molecule has 1 fully saturated rings. The molecular formula is C30H37N7O6S. The van der Waals surface area contributed by atoms with Gasteiger partial charge in [0, 0.05) is 60.4 Å². The average Bonchev–Trinajstić information content (AvgIpc) is 3.69. The highest BCUT2D eigenvalue weighted by atomic mass is 32.2. The van der Waals surface area contributed by atoms with Crippen LogP contribution in [0.15, 0.2) is 47.9 Å². The van der Waals surface area contributed by atoms with Crippen LogP contribution in [0.25, 0.3) is 33.5 Å². The van der Waals surface area contributed by atoms with Crippen LogP contribution in [0, 0.1) is 0 Å². The number of hydrogen-bond donors (Lipinski definition) is 1. The molecule has 0 bridgehead atoms. The summed E-state index contributed by atoms with van der Waals surface area (Å²) >= 11 is 0. The molecule has 234 valence electrons. The predicted octanol–water partition coefficient (Wildman–Crippen LogP) is 5.61. The second-order valence-corrected chi connectivity index (χ2v) is 14.2. The molecule has 5 rings (SSSR count). The van der Waals surface area contributed by atoms with E-state index < -0.39 is 27.8 Å². The van der Waals surface area contributed by atoms with Crippen LogP contribution in [0.3, 0.4) is 0 Å². The van der Waals surface area contributed by atoms with Crippen molar-refractivity contribution >= 4 is 39.1 Å². The number of nitrogens with zero attached hydrogens (tertiary/aromatic N) is 7. The van der Waals surface area contributed by atoms with E-state index in [9.17, 15) is 23.1 Å².